The summed E-state index contributed by atoms with van der Waals surface area (Å²) >= 11 is 0. The molecule has 0 aromatic heterocycles. The van der Waals surface area contributed by atoms with Gasteiger partial charge in [-0.05, 0) is 69.6 Å². The second-order valence-electron chi connectivity index (χ2n) is 10.7. The summed E-state index contributed by atoms with van der Waals surface area (Å²) in [5, 5.41) is 0. The topological polar surface area (TPSA) is 35.5 Å². The van der Waals surface area contributed by atoms with E-state index in [-0.39, 0.29) is 17.3 Å². The molecule has 0 radical (unpaired) electrons. The number of carbonyl (C=O) groups is 1. The zero-order valence-electron chi connectivity index (χ0n) is 18.4. The smallest absolute Gasteiger partial charge is 0.175 e. The summed E-state index contributed by atoms with van der Waals surface area (Å²) in [5.41, 5.74) is 1.74. The molecule has 1 spiro atoms. The predicted octanol–water partition coefficient (Wildman–Crippen LogP) is 5.66. The first kappa shape index (κ1) is 19.1. The molecule has 0 aromatic rings. The monoisotopic (exact) mass is 372 g/mol. The molecule has 0 aromatic carbocycles. The first-order valence-electron chi connectivity index (χ1n) is 10.8. The Labute approximate surface area is 164 Å². The van der Waals surface area contributed by atoms with E-state index < -0.39 is 5.41 Å². The third-order valence-corrected chi connectivity index (χ3v) is 8.47. The fourth-order valence-electron chi connectivity index (χ4n) is 6.70. The summed E-state index contributed by atoms with van der Waals surface area (Å²) in [6.07, 6.45) is 4.68. The molecule has 4 atom stereocenters. The molecule has 27 heavy (non-hydrogen) atoms. The maximum absolute atomic E-state index is 13.5. The van der Waals surface area contributed by atoms with Crippen LogP contribution in [-0.2, 0) is 14.3 Å². The number of rotatable bonds is 3. The van der Waals surface area contributed by atoms with Gasteiger partial charge in [0.05, 0.1) is 12.5 Å². The maximum atomic E-state index is 13.5. The number of ether oxygens (including phenoxy) is 2. The lowest BCUT2D eigenvalue weighted by Crippen LogP contribution is -2.47. The molecule has 0 saturated heterocycles. The highest BCUT2D eigenvalue weighted by atomic mass is 16.5. The molecule has 4 unspecified atom stereocenters. The van der Waals surface area contributed by atoms with Crippen molar-refractivity contribution >= 4 is 5.78 Å². The van der Waals surface area contributed by atoms with Gasteiger partial charge < -0.3 is 9.47 Å². The fraction of sp³-hybridized carbons (Fsp3) is 0.792. The third-order valence-electron chi connectivity index (χ3n) is 8.47. The van der Waals surface area contributed by atoms with E-state index in [0.29, 0.717) is 23.2 Å². The Balaban J connectivity index is 1.83. The highest BCUT2D eigenvalue weighted by molar-refractivity contribution is 6.04. The zero-order valence-corrected chi connectivity index (χ0v) is 18.4. The average molecular weight is 373 g/mol. The van der Waals surface area contributed by atoms with Gasteiger partial charge >= 0.3 is 0 Å². The van der Waals surface area contributed by atoms with E-state index in [1.165, 1.54) is 12.8 Å². The molecular weight excluding hydrogens is 336 g/mol. The van der Waals surface area contributed by atoms with Crippen LogP contribution in [0.1, 0.15) is 74.1 Å². The molecule has 4 rings (SSSR count). The van der Waals surface area contributed by atoms with Crippen molar-refractivity contribution in [1.29, 1.82) is 0 Å². The summed E-state index contributed by atoms with van der Waals surface area (Å²) in [7, 11) is 1.68. The van der Waals surface area contributed by atoms with Gasteiger partial charge in [-0.25, -0.2) is 0 Å². The van der Waals surface area contributed by atoms with Crippen LogP contribution in [0.2, 0.25) is 0 Å². The first-order chi connectivity index (χ1) is 12.5. The predicted molar refractivity (Wildman–Crippen MR) is 107 cm³/mol. The van der Waals surface area contributed by atoms with Crippen molar-refractivity contribution in [2.75, 3.05) is 7.11 Å². The molecule has 0 amide bonds. The number of ketones is 1. The van der Waals surface area contributed by atoms with Crippen molar-refractivity contribution in [2.45, 2.75) is 79.8 Å². The Kier molecular flexibility index (Phi) is 3.99. The molecule has 4 aliphatic rings. The SMILES string of the molecule is COC1=C(C)C2=C(C(=O)C1(C)C)C(C(C)C)CC1(CCC3(C(C)C)CC13)O2. The van der Waals surface area contributed by atoms with Gasteiger partial charge in [0, 0.05) is 17.1 Å². The lowest BCUT2D eigenvalue weighted by Gasteiger charge is -2.47. The largest absolute Gasteiger partial charge is 0.500 e. The summed E-state index contributed by atoms with van der Waals surface area (Å²) in [5.74, 6) is 3.87. The number of hydrogen-bond donors (Lipinski definition) is 0. The standard InChI is InChI=1S/C24H36O3/c1-13(2)16-11-24(10-9-23(14(3)4)12-17(23)24)27-19-15(5)21(26-8)22(6,7)20(25)18(16)19/h13-14,16-17H,9-12H2,1-8H3. The van der Waals surface area contributed by atoms with Gasteiger partial charge in [-0.2, -0.15) is 0 Å². The number of methoxy groups -OCH3 is 1. The van der Waals surface area contributed by atoms with Crippen LogP contribution in [0.5, 0.6) is 0 Å². The van der Waals surface area contributed by atoms with Crippen molar-refractivity contribution in [1.82, 2.24) is 0 Å². The van der Waals surface area contributed by atoms with E-state index in [2.05, 4.69) is 34.6 Å². The van der Waals surface area contributed by atoms with E-state index >= 15 is 0 Å². The normalized spacial score (nSPS) is 39.9. The van der Waals surface area contributed by atoms with Crippen LogP contribution < -0.4 is 0 Å². The molecule has 150 valence electrons. The zero-order chi connectivity index (χ0) is 19.9. The average Bonchev–Trinajstić information content (AvgIpc) is 3.28. The minimum absolute atomic E-state index is 0.0834. The summed E-state index contributed by atoms with van der Waals surface area (Å²) in [6.45, 7) is 15.3. The van der Waals surface area contributed by atoms with Crippen molar-refractivity contribution in [3.05, 3.63) is 22.7 Å². The minimum atomic E-state index is -0.615. The summed E-state index contributed by atoms with van der Waals surface area (Å²) < 4.78 is 12.6. The number of hydrogen-bond acceptors (Lipinski definition) is 3. The van der Waals surface area contributed by atoms with Crippen LogP contribution in [0.15, 0.2) is 22.7 Å². The van der Waals surface area contributed by atoms with Crippen LogP contribution >= 0.6 is 0 Å². The Morgan fingerprint density at radius 2 is 1.78 bits per heavy atom. The van der Waals surface area contributed by atoms with Gasteiger partial charge in [0.2, 0.25) is 0 Å². The lowest BCUT2D eigenvalue weighted by molar-refractivity contribution is -0.127. The number of carbonyl (C=O) groups excluding carboxylic acids is 1. The molecule has 1 heterocycles. The van der Waals surface area contributed by atoms with E-state index in [0.717, 1.165) is 35.5 Å². The Hall–Kier alpha value is -1.25. The van der Waals surface area contributed by atoms with Gasteiger partial charge in [-0.15, -0.1) is 0 Å². The first-order valence-corrected chi connectivity index (χ1v) is 10.8. The van der Waals surface area contributed by atoms with Gasteiger partial charge in [0.15, 0.2) is 5.78 Å². The van der Waals surface area contributed by atoms with Crippen LogP contribution in [0.4, 0.5) is 0 Å². The van der Waals surface area contributed by atoms with Crippen molar-refractivity contribution in [2.24, 2.45) is 34.5 Å². The van der Waals surface area contributed by atoms with Gasteiger partial charge in [0.25, 0.3) is 0 Å². The fourth-order valence-corrected chi connectivity index (χ4v) is 6.70. The van der Waals surface area contributed by atoms with Gasteiger partial charge in [-0.1, -0.05) is 27.7 Å². The van der Waals surface area contributed by atoms with Crippen LogP contribution in [0.25, 0.3) is 0 Å². The highest BCUT2D eigenvalue weighted by Gasteiger charge is 2.72. The van der Waals surface area contributed by atoms with E-state index in [1.807, 2.05) is 13.8 Å². The molecular formula is C24H36O3. The Morgan fingerprint density at radius 3 is 2.26 bits per heavy atom. The molecule has 3 heteroatoms. The van der Waals surface area contributed by atoms with Crippen LogP contribution in [0.3, 0.4) is 0 Å². The van der Waals surface area contributed by atoms with Crippen LogP contribution in [0, 0.1) is 34.5 Å². The van der Waals surface area contributed by atoms with Crippen molar-refractivity contribution in [3.8, 4) is 0 Å². The van der Waals surface area contributed by atoms with Gasteiger partial charge in [-0.3, -0.25) is 4.79 Å². The molecule has 1 aliphatic heterocycles. The minimum Gasteiger partial charge on any atom is -0.500 e. The molecule has 2 fully saturated rings. The molecule has 2 saturated carbocycles. The summed E-state index contributed by atoms with van der Waals surface area (Å²) in [6, 6.07) is 0. The second kappa shape index (κ2) is 5.64. The maximum Gasteiger partial charge on any atom is 0.175 e. The van der Waals surface area contributed by atoms with Crippen molar-refractivity contribution < 1.29 is 14.3 Å². The number of allylic oxidation sites excluding steroid dienone is 3. The van der Waals surface area contributed by atoms with E-state index in [1.54, 1.807) is 7.11 Å². The lowest BCUT2D eigenvalue weighted by atomic mass is 9.65. The Bertz CT molecular complexity index is 754. The van der Waals surface area contributed by atoms with Crippen molar-refractivity contribution in [3.63, 3.8) is 0 Å². The molecule has 0 bridgehead atoms. The Morgan fingerprint density at radius 1 is 1.11 bits per heavy atom. The quantitative estimate of drug-likeness (QED) is 0.641. The van der Waals surface area contributed by atoms with E-state index in [9.17, 15) is 4.79 Å². The molecule has 3 nitrogen and oxygen atoms in total. The highest BCUT2D eigenvalue weighted by Crippen LogP contribution is 2.74. The van der Waals surface area contributed by atoms with E-state index in [4.69, 9.17) is 9.47 Å². The second-order valence-corrected chi connectivity index (χ2v) is 10.7. The third kappa shape index (κ3) is 2.29. The van der Waals surface area contributed by atoms with Crippen LogP contribution in [-0.4, -0.2) is 18.5 Å². The molecule has 0 N–H and O–H groups in total. The van der Waals surface area contributed by atoms with Gasteiger partial charge in [0.1, 0.15) is 17.1 Å². The molecule has 3 aliphatic carbocycles. The number of Topliss-reactive ketones (excluding diaryl/α,β-unsaturated/α-hetero) is 1. The number of fused-ring (bicyclic) bond motifs is 2. The summed E-state index contributed by atoms with van der Waals surface area (Å²) in [4.78, 5) is 13.5.